The summed E-state index contributed by atoms with van der Waals surface area (Å²) in [6.45, 7) is 5.52. The lowest BCUT2D eigenvalue weighted by Crippen LogP contribution is -2.25. The lowest BCUT2D eigenvalue weighted by atomic mass is 10.1. The number of aromatic nitrogens is 3. The zero-order valence-electron chi connectivity index (χ0n) is 15.6. The van der Waals surface area contributed by atoms with Gasteiger partial charge in [0.1, 0.15) is 0 Å². The minimum atomic E-state index is -0.192. The number of rotatable bonds is 5. The highest BCUT2D eigenvalue weighted by molar-refractivity contribution is 5.97. The molecule has 1 aromatic carbocycles. The van der Waals surface area contributed by atoms with Crippen molar-refractivity contribution in [3.63, 3.8) is 0 Å². The van der Waals surface area contributed by atoms with Gasteiger partial charge in [-0.05, 0) is 44.9 Å². The fourth-order valence-corrected chi connectivity index (χ4v) is 3.81. The van der Waals surface area contributed by atoms with Crippen LogP contribution in [-0.4, -0.2) is 32.6 Å². The molecule has 0 aliphatic carbocycles. The molecule has 1 fully saturated rings. The van der Waals surface area contributed by atoms with Crippen molar-refractivity contribution in [2.75, 3.05) is 6.61 Å². The van der Waals surface area contributed by atoms with Crippen molar-refractivity contribution in [2.24, 2.45) is 0 Å². The van der Waals surface area contributed by atoms with Gasteiger partial charge in [0, 0.05) is 30.1 Å². The maximum atomic E-state index is 12.9. The van der Waals surface area contributed by atoms with Gasteiger partial charge >= 0.3 is 0 Å². The molecule has 3 heterocycles. The maximum Gasteiger partial charge on any atom is 0.261 e. The number of aryl methyl sites for hydroxylation is 1. The number of fused-ring (bicyclic) bond motifs is 1. The fraction of sp³-hybridized carbons (Fsp3) is 0.381. The summed E-state index contributed by atoms with van der Waals surface area (Å²) in [6, 6.07) is 9.08. The third kappa shape index (κ3) is 3.32. The molecule has 140 valence electrons. The van der Waals surface area contributed by atoms with E-state index in [4.69, 9.17) is 4.74 Å². The van der Waals surface area contributed by atoms with E-state index in [1.165, 1.54) is 10.9 Å². The van der Waals surface area contributed by atoms with E-state index in [0.29, 0.717) is 16.5 Å². The lowest BCUT2D eigenvalue weighted by molar-refractivity contribution is 0.0948. The van der Waals surface area contributed by atoms with Gasteiger partial charge in [0.2, 0.25) is 0 Å². The van der Waals surface area contributed by atoms with Gasteiger partial charge in [0.25, 0.3) is 5.56 Å². The number of carbonyl (C=O) groups is 1. The van der Waals surface area contributed by atoms with Gasteiger partial charge in [-0.3, -0.25) is 14.2 Å². The average molecular weight is 365 g/mol. The van der Waals surface area contributed by atoms with E-state index in [9.17, 15) is 9.59 Å². The number of ether oxygens (including phenoxy) is 1. The fourth-order valence-electron chi connectivity index (χ4n) is 3.81. The normalized spacial score (nSPS) is 16.9. The highest BCUT2D eigenvalue weighted by Crippen LogP contribution is 2.21. The molecular formula is C21H23N3O3. The first-order chi connectivity index (χ1) is 13.0. The Bertz CT molecular complexity index is 1060. The molecule has 1 aliphatic heterocycles. The molecule has 4 rings (SSSR count). The molecular weight excluding hydrogens is 342 g/mol. The summed E-state index contributed by atoms with van der Waals surface area (Å²) < 4.78 is 9.26. The van der Waals surface area contributed by atoms with Gasteiger partial charge in [-0.15, -0.1) is 0 Å². The second kappa shape index (κ2) is 7.12. The Hall–Kier alpha value is -2.73. The summed E-state index contributed by atoms with van der Waals surface area (Å²) in [5, 5.41) is 0.525. The number of hydrogen-bond acceptors (Lipinski definition) is 4. The van der Waals surface area contributed by atoms with E-state index in [-0.39, 0.29) is 24.0 Å². The minimum absolute atomic E-state index is 0.0130. The Morgan fingerprint density at radius 2 is 2.11 bits per heavy atom. The molecule has 2 aromatic heterocycles. The molecule has 0 radical (unpaired) electrons. The monoisotopic (exact) mass is 365 g/mol. The Labute approximate surface area is 157 Å². The largest absolute Gasteiger partial charge is 0.376 e. The number of Topliss-reactive ketones (excluding diaryl/α,β-unsaturated/α-hetero) is 1. The number of hydrogen-bond donors (Lipinski definition) is 0. The van der Waals surface area contributed by atoms with Crippen LogP contribution in [0.15, 0.2) is 41.5 Å². The predicted molar refractivity (Wildman–Crippen MR) is 103 cm³/mol. The van der Waals surface area contributed by atoms with Crippen molar-refractivity contribution in [3.8, 4) is 0 Å². The molecule has 0 saturated carbocycles. The van der Waals surface area contributed by atoms with Crippen LogP contribution in [0, 0.1) is 13.8 Å². The third-order valence-electron chi connectivity index (χ3n) is 5.33. The average Bonchev–Trinajstić information content (AvgIpc) is 3.28. The van der Waals surface area contributed by atoms with E-state index in [1.807, 2.05) is 26.0 Å². The van der Waals surface area contributed by atoms with Crippen LogP contribution in [0.1, 0.15) is 34.6 Å². The quantitative estimate of drug-likeness (QED) is 0.652. The van der Waals surface area contributed by atoms with Crippen LogP contribution in [0.25, 0.3) is 10.9 Å². The van der Waals surface area contributed by atoms with Crippen molar-refractivity contribution in [2.45, 2.75) is 45.9 Å². The van der Waals surface area contributed by atoms with Crippen LogP contribution in [0.5, 0.6) is 0 Å². The molecule has 6 nitrogen and oxygen atoms in total. The molecule has 0 amide bonds. The summed E-state index contributed by atoms with van der Waals surface area (Å²) in [5.41, 5.74) is 3.07. The number of carbonyl (C=O) groups excluding carboxylic acids is 1. The van der Waals surface area contributed by atoms with Crippen LogP contribution < -0.4 is 5.56 Å². The number of nitrogens with zero attached hydrogens (tertiary/aromatic N) is 3. The van der Waals surface area contributed by atoms with Crippen LogP contribution in [-0.2, 0) is 17.8 Å². The zero-order chi connectivity index (χ0) is 19.0. The van der Waals surface area contributed by atoms with Gasteiger partial charge in [-0.2, -0.15) is 0 Å². The smallest absolute Gasteiger partial charge is 0.261 e. The zero-order valence-corrected chi connectivity index (χ0v) is 15.6. The summed E-state index contributed by atoms with van der Waals surface area (Å²) in [4.78, 5) is 29.8. The number of benzene rings is 1. The second-order valence-electron chi connectivity index (χ2n) is 7.15. The molecule has 6 heteroatoms. The van der Waals surface area contributed by atoms with Crippen molar-refractivity contribution >= 4 is 16.7 Å². The van der Waals surface area contributed by atoms with Gasteiger partial charge in [0.05, 0.1) is 29.9 Å². The maximum absolute atomic E-state index is 12.9. The summed E-state index contributed by atoms with van der Waals surface area (Å²) in [5.74, 6) is -0.0825. The van der Waals surface area contributed by atoms with E-state index in [1.54, 1.807) is 18.2 Å². The van der Waals surface area contributed by atoms with Gasteiger partial charge in [-0.25, -0.2) is 4.98 Å². The van der Waals surface area contributed by atoms with Crippen LogP contribution in [0.3, 0.4) is 0 Å². The molecule has 1 saturated heterocycles. The molecule has 3 aromatic rings. The third-order valence-corrected chi connectivity index (χ3v) is 5.33. The van der Waals surface area contributed by atoms with Crippen molar-refractivity contribution in [1.82, 2.24) is 14.1 Å². The predicted octanol–water partition coefficient (Wildman–Crippen LogP) is 2.88. The first-order valence-electron chi connectivity index (χ1n) is 9.30. The minimum Gasteiger partial charge on any atom is -0.376 e. The Morgan fingerprint density at radius 1 is 1.30 bits per heavy atom. The molecule has 1 atom stereocenters. The van der Waals surface area contributed by atoms with E-state index < -0.39 is 0 Å². The molecule has 0 bridgehead atoms. The Morgan fingerprint density at radius 3 is 2.89 bits per heavy atom. The lowest BCUT2D eigenvalue weighted by Gasteiger charge is -2.15. The summed E-state index contributed by atoms with van der Waals surface area (Å²) in [7, 11) is 0. The van der Waals surface area contributed by atoms with Crippen LogP contribution >= 0.6 is 0 Å². The van der Waals surface area contributed by atoms with Crippen LogP contribution in [0.4, 0.5) is 0 Å². The Balaban J connectivity index is 1.60. The number of ketones is 1. The van der Waals surface area contributed by atoms with Crippen molar-refractivity contribution < 1.29 is 9.53 Å². The van der Waals surface area contributed by atoms with Gasteiger partial charge < -0.3 is 9.30 Å². The highest BCUT2D eigenvalue weighted by atomic mass is 16.5. The summed E-state index contributed by atoms with van der Waals surface area (Å²) >= 11 is 0. The topological polar surface area (TPSA) is 66.1 Å². The first-order valence-corrected chi connectivity index (χ1v) is 9.30. The Kier molecular flexibility index (Phi) is 4.66. The summed E-state index contributed by atoms with van der Waals surface area (Å²) in [6.07, 6.45) is 3.81. The van der Waals surface area contributed by atoms with Gasteiger partial charge in [0.15, 0.2) is 5.78 Å². The molecule has 0 N–H and O–H groups in total. The van der Waals surface area contributed by atoms with E-state index in [0.717, 1.165) is 37.4 Å². The SMILES string of the molecule is Cc1cc(C(=O)Cn2cnc3ccccc3c2=O)c(C)n1C[C@H]1CCCO1. The van der Waals surface area contributed by atoms with Crippen molar-refractivity contribution in [1.29, 1.82) is 0 Å². The molecule has 27 heavy (non-hydrogen) atoms. The highest BCUT2D eigenvalue weighted by Gasteiger charge is 2.21. The second-order valence-corrected chi connectivity index (χ2v) is 7.15. The van der Waals surface area contributed by atoms with E-state index >= 15 is 0 Å². The standard InChI is InChI=1S/C21H23N3O3/c1-14-10-18(15(2)24(14)11-16-6-5-9-27-16)20(25)12-23-13-22-19-8-4-3-7-17(19)21(23)26/h3-4,7-8,10,13,16H,5-6,9,11-12H2,1-2H3/t16-/m1/s1. The molecule has 0 unspecified atom stereocenters. The first kappa shape index (κ1) is 17.7. The van der Waals surface area contributed by atoms with Crippen LogP contribution in [0.2, 0.25) is 0 Å². The number of para-hydroxylation sites is 1. The van der Waals surface area contributed by atoms with E-state index in [2.05, 4.69) is 9.55 Å². The molecule has 1 aliphatic rings. The van der Waals surface area contributed by atoms with Crippen molar-refractivity contribution in [3.05, 3.63) is 64.0 Å². The molecule has 0 spiro atoms. The van der Waals surface area contributed by atoms with Gasteiger partial charge in [-0.1, -0.05) is 12.1 Å².